The Bertz CT molecular complexity index is 654. The highest BCUT2D eigenvalue weighted by Gasteiger charge is 2.37. The monoisotopic (exact) mass is 315 g/mol. The molecule has 1 fully saturated rings. The molecule has 6 heteroatoms. The van der Waals surface area contributed by atoms with E-state index < -0.39 is 11.9 Å². The van der Waals surface area contributed by atoms with Crippen molar-refractivity contribution >= 4 is 23.3 Å². The molecular weight excluding hydrogens is 294 g/mol. The van der Waals surface area contributed by atoms with Crippen LogP contribution in [-0.2, 0) is 4.79 Å². The number of hydrogen-bond donors (Lipinski definition) is 1. The van der Waals surface area contributed by atoms with Crippen LogP contribution < -0.4 is 5.01 Å². The van der Waals surface area contributed by atoms with Crippen molar-refractivity contribution in [3.05, 3.63) is 29.8 Å². The maximum Gasteiger partial charge on any atom is 0.308 e. The molecule has 2 aliphatic rings. The quantitative estimate of drug-likeness (QED) is 0.926. The van der Waals surface area contributed by atoms with E-state index in [2.05, 4.69) is 5.10 Å². The second kappa shape index (κ2) is 6.02. The minimum absolute atomic E-state index is 0.0161. The number of aliphatic carboxylic acids is 1. The molecule has 2 atom stereocenters. The van der Waals surface area contributed by atoms with Gasteiger partial charge in [0.2, 0.25) is 0 Å². The molecule has 0 radical (unpaired) electrons. The van der Waals surface area contributed by atoms with Gasteiger partial charge in [0.25, 0.3) is 5.91 Å². The Hall–Kier alpha value is -2.37. The number of hydrogen-bond acceptors (Lipinski definition) is 4. The predicted octanol–water partition coefficient (Wildman–Crippen LogP) is 2.07. The van der Waals surface area contributed by atoms with Crippen molar-refractivity contribution in [3.63, 3.8) is 0 Å². The lowest BCUT2D eigenvalue weighted by atomic mass is 9.99. The molecule has 0 spiro atoms. The summed E-state index contributed by atoms with van der Waals surface area (Å²) >= 11 is 0. The molecule has 1 N–H and O–H groups in total. The van der Waals surface area contributed by atoms with E-state index in [4.69, 9.17) is 0 Å². The standard InChI is InChI=1S/C17H21N3O3/c1-11-9-19(10-15(11)17(22)23)16(21)13-3-5-14(6-4-13)20-8-7-12(2)18-20/h3-6,11,15H,7-10H2,1-2H3,(H,22,23)/t11-,15-/m1/s1. The summed E-state index contributed by atoms with van der Waals surface area (Å²) in [5.41, 5.74) is 2.67. The lowest BCUT2D eigenvalue weighted by molar-refractivity contribution is -0.142. The topological polar surface area (TPSA) is 73.2 Å². The molecule has 1 aromatic rings. The van der Waals surface area contributed by atoms with E-state index in [1.54, 1.807) is 17.0 Å². The minimum atomic E-state index is -0.828. The Morgan fingerprint density at radius 1 is 1.22 bits per heavy atom. The average Bonchev–Trinajstić information content (AvgIpc) is 3.13. The molecule has 122 valence electrons. The van der Waals surface area contributed by atoms with Gasteiger partial charge < -0.3 is 10.0 Å². The fraction of sp³-hybridized carbons (Fsp3) is 0.471. The Balaban J connectivity index is 1.70. The SMILES string of the molecule is CC1=NN(c2ccc(C(=O)N3C[C@@H](C)[C@H](C(=O)O)C3)cc2)CC1. The average molecular weight is 315 g/mol. The summed E-state index contributed by atoms with van der Waals surface area (Å²) in [5, 5.41) is 15.5. The number of carbonyl (C=O) groups excluding carboxylic acids is 1. The van der Waals surface area contributed by atoms with Gasteiger partial charge in [-0.05, 0) is 37.1 Å². The van der Waals surface area contributed by atoms with Crippen molar-refractivity contribution in [2.45, 2.75) is 20.3 Å². The van der Waals surface area contributed by atoms with Crippen molar-refractivity contribution in [2.75, 3.05) is 24.6 Å². The molecule has 0 aromatic heterocycles. The van der Waals surface area contributed by atoms with E-state index in [1.165, 1.54) is 0 Å². The van der Waals surface area contributed by atoms with E-state index in [0.717, 1.165) is 24.4 Å². The molecule has 6 nitrogen and oxygen atoms in total. The Kier molecular flexibility index (Phi) is 4.07. The second-order valence-corrected chi connectivity index (χ2v) is 6.39. The van der Waals surface area contributed by atoms with E-state index >= 15 is 0 Å². The van der Waals surface area contributed by atoms with Crippen LogP contribution in [0.3, 0.4) is 0 Å². The van der Waals surface area contributed by atoms with Gasteiger partial charge in [0.05, 0.1) is 11.6 Å². The predicted molar refractivity (Wildman–Crippen MR) is 87.7 cm³/mol. The number of rotatable bonds is 3. The zero-order valence-electron chi connectivity index (χ0n) is 13.4. The van der Waals surface area contributed by atoms with Crippen LogP contribution in [0.4, 0.5) is 5.69 Å². The van der Waals surface area contributed by atoms with Crippen LogP contribution in [0.2, 0.25) is 0 Å². The van der Waals surface area contributed by atoms with Gasteiger partial charge in [-0.1, -0.05) is 6.92 Å². The van der Waals surface area contributed by atoms with E-state index in [9.17, 15) is 14.7 Å². The summed E-state index contributed by atoms with van der Waals surface area (Å²) in [6, 6.07) is 7.37. The molecule has 0 saturated carbocycles. The zero-order chi connectivity index (χ0) is 16.6. The molecule has 1 aromatic carbocycles. The number of likely N-dealkylation sites (tertiary alicyclic amines) is 1. The molecule has 23 heavy (non-hydrogen) atoms. The number of nitrogens with zero attached hydrogens (tertiary/aromatic N) is 3. The van der Waals surface area contributed by atoms with E-state index in [-0.39, 0.29) is 18.4 Å². The maximum absolute atomic E-state index is 12.5. The van der Waals surface area contributed by atoms with Crippen molar-refractivity contribution in [2.24, 2.45) is 16.9 Å². The van der Waals surface area contributed by atoms with Gasteiger partial charge >= 0.3 is 5.97 Å². The lowest BCUT2D eigenvalue weighted by Crippen LogP contribution is -2.29. The number of carboxylic acid groups (broad SMARTS) is 1. The van der Waals surface area contributed by atoms with Crippen molar-refractivity contribution in [1.82, 2.24) is 4.90 Å². The van der Waals surface area contributed by atoms with Gasteiger partial charge in [-0.2, -0.15) is 5.10 Å². The van der Waals surface area contributed by atoms with Crippen LogP contribution in [-0.4, -0.2) is 47.2 Å². The molecular formula is C17H21N3O3. The first-order chi connectivity index (χ1) is 11.0. The summed E-state index contributed by atoms with van der Waals surface area (Å²) in [7, 11) is 0. The highest BCUT2D eigenvalue weighted by molar-refractivity contribution is 5.95. The lowest BCUT2D eigenvalue weighted by Gasteiger charge is -2.17. The third kappa shape index (κ3) is 3.06. The Morgan fingerprint density at radius 3 is 2.43 bits per heavy atom. The number of carboxylic acids is 1. The molecule has 0 bridgehead atoms. The van der Waals surface area contributed by atoms with E-state index in [0.29, 0.717) is 12.1 Å². The summed E-state index contributed by atoms with van der Waals surface area (Å²) < 4.78 is 0. The fourth-order valence-corrected chi connectivity index (χ4v) is 3.17. The zero-order valence-corrected chi connectivity index (χ0v) is 13.4. The highest BCUT2D eigenvalue weighted by Crippen LogP contribution is 2.26. The van der Waals surface area contributed by atoms with Crippen LogP contribution >= 0.6 is 0 Å². The summed E-state index contributed by atoms with van der Waals surface area (Å²) in [4.78, 5) is 25.4. The number of anilines is 1. The third-order valence-electron chi connectivity index (χ3n) is 4.61. The van der Waals surface area contributed by atoms with Crippen LogP contribution in [0.1, 0.15) is 30.6 Å². The molecule has 1 amide bonds. The first-order valence-electron chi connectivity index (χ1n) is 7.89. The first kappa shape index (κ1) is 15.5. The molecule has 2 aliphatic heterocycles. The summed E-state index contributed by atoms with van der Waals surface area (Å²) in [6.45, 7) is 5.52. The van der Waals surface area contributed by atoms with Gasteiger partial charge in [0, 0.05) is 37.3 Å². The number of hydrazone groups is 1. The fourth-order valence-electron chi connectivity index (χ4n) is 3.17. The Morgan fingerprint density at radius 2 is 1.91 bits per heavy atom. The number of benzene rings is 1. The van der Waals surface area contributed by atoms with Crippen LogP contribution in [0.25, 0.3) is 0 Å². The van der Waals surface area contributed by atoms with Gasteiger partial charge in [-0.3, -0.25) is 14.6 Å². The van der Waals surface area contributed by atoms with Gasteiger partial charge in [0.1, 0.15) is 0 Å². The summed E-state index contributed by atoms with van der Waals surface area (Å²) in [5.74, 6) is -1.42. The molecule has 1 saturated heterocycles. The molecule has 3 rings (SSSR count). The van der Waals surface area contributed by atoms with Crippen LogP contribution in [0.15, 0.2) is 29.4 Å². The first-order valence-corrected chi connectivity index (χ1v) is 7.89. The normalized spacial score (nSPS) is 24.0. The third-order valence-corrected chi connectivity index (χ3v) is 4.61. The maximum atomic E-state index is 12.5. The van der Waals surface area contributed by atoms with Crippen molar-refractivity contribution < 1.29 is 14.7 Å². The Labute approximate surface area is 135 Å². The molecule has 2 heterocycles. The van der Waals surface area contributed by atoms with Gasteiger partial charge in [-0.25, -0.2) is 0 Å². The highest BCUT2D eigenvalue weighted by atomic mass is 16.4. The van der Waals surface area contributed by atoms with E-state index in [1.807, 2.05) is 31.0 Å². The summed E-state index contributed by atoms with van der Waals surface area (Å²) in [6.07, 6.45) is 0.961. The number of amides is 1. The molecule has 0 aliphatic carbocycles. The van der Waals surface area contributed by atoms with Crippen LogP contribution in [0, 0.1) is 11.8 Å². The molecule has 0 unspecified atom stereocenters. The second-order valence-electron chi connectivity index (χ2n) is 6.39. The van der Waals surface area contributed by atoms with Crippen molar-refractivity contribution in [3.8, 4) is 0 Å². The van der Waals surface area contributed by atoms with Gasteiger partial charge in [0.15, 0.2) is 0 Å². The largest absolute Gasteiger partial charge is 0.481 e. The minimum Gasteiger partial charge on any atom is -0.481 e. The number of carbonyl (C=O) groups is 2. The smallest absolute Gasteiger partial charge is 0.308 e. The van der Waals surface area contributed by atoms with Gasteiger partial charge in [-0.15, -0.1) is 0 Å². The van der Waals surface area contributed by atoms with Crippen molar-refractivity contribution in [1.29, 1.82) is 0 Å². The van der Waals surface area contributed by atoms with Crippen LogP contribution in [0.5, 0.6) is 0 Å².